The van der Waals surface area contributed by atoms with E-state index in [1.165, 1.54) is 18.1 Å². The summed E-state index contributed by atoms with van der Waals surface area (Å²) in [7, 11) is 1.26. The van der Waals surface area contributed by atoms with Crippen LogP contribution in [-0.4, -0.2) is 46.1 Å². The number of amides is 2. The van der Waals surface area contributed by atoms with Gasteiger partial charge in [0.15, 0.2) is 5.11 Å². The lowest BCUT2D eigenvalue weighted by atomic mass is 10.2. The van der Waals surface area contributed by atoms with Gasteiger partial charge in [-0.2, -0.15) is 0 Å². The van der Waals surface area contributed by atoms with Crippen LogP contribution in [0, 0.1) is 0 Å². The van der Waals surface area contributed by atoms with Gasteiger partial charge >= 0.3 is 5.97 Å². The molecular formula is C26H26N4O4S. The van der Waals surface area contributed by atoms with Gasteiger partial charge in [-0.3, -0.25) is 24.3 Å². The van der Waals surface area contributed by atoms with Crippen molar-refractivity contribution in [2.24, 2.45) is 0 Å². The Hall–Kier alpha value is -4.11. The molecule has 0 fully saturated rings. The van der Waals surface area contributed by atoms with Crippen molar-refractivity contribution >= 4 is 57.8 Å². The topological polar surface area (TPSA) is 101 Å². The van der Waals surface area contributed by atoms with Crippen molar-refractivity contribution in [3.63, 3.8) is 0 Å². The molecule has 0 bridgehead atoms. The zero-order chi connectivity index (χ0) is 25.2. The first-order chi connectivity index (χ1) is 16.9. The highest BCUT2D eigenvalue weighted by Crippen LogP contribution is 2.21. The minimum absolute atomic E-state index is 0.0675. The first kappa shape index (κ1) is 25.5. The van der Waals surface area contributed by atoms with E-state index in [0.29, 0.717) is 11.2 Å². The van der Waals surface area contributed by atoms with Crippen molar-refractivity contribution in [2.75, 3.05) is 12.4 Å². The van der Waals surface area contributed by atoms with E-state index in [4.69, 9.17) is 12.2 Å². The van der Waals surface area contributed by atoms with Crippen LogP contribution >= 0.6 is 12.2 Å². The van der Waals surface area contributed by atoms with E-state index in [2.05, 4.69) is 20.4 Å². The van der Waals surface area contributed by atoms with E-state index in [1.54, 1.807) is 25.3 Å². The molecule has 1 aromatic heterocycles. The zero-order valence-corrected chi connectivity index (χ0v) is 20.2. The van der Waals surface area contributed by atoms with E-state index in [0.717, 1.165) is 10.9 Å². The fourth-order valence-electron chi connectivity index (χ4n) is 3.37. The molecule has 1 atom stereocenters. The lowest BCUT2D eigenvalue weighted by Crippen LogP contribution is -2.53. The van der Waals surface area contributed by atoms with E-state index < -0.39 is 23.9 Å². The number of carbonyl (C=O) groups is 3. The van der Waals surface area contributed by atoms with Crippen LogP contribution in [0.1, 0.15) is 25.3 Å². The number of anilines is 1. The number of aromatic nitrogens is 1. The number of esters is 1. The Bertz CT molecular complexity index is 1240. The average Bonchev–Trinajstić information content (AvgIpc) is 2.87. The maximum absolute atomic E-state index is 13.1. The van der Waals surface area contributed by atoms with Gasteiger partial charge in [0.2, 0.25) is 11.8 Å². The first-order valence-corrected chi connectivity index (χ1v) is 11.4. The van der Waals surface area contributed by atoms with Gasteiger partial charge in [-0.25, -0.2) is 0 Å². The molecule has 35 heavy (non-hydrogen) atoms. The molecule has 0 aliphatic heterocycles. The molecule has 0 radical (unpaired) electrons. The van der Waals surface area contributed by atoms with Gasteiger partial charge in [-0.1, -0.05) is 48.5 Å². The third kappa shape index (κ3) is 7.18. The van der Waals surface area contributed by atoms with Crippen LogP contribution < -0.4 is 10.6 Å². The number of ether oxygens (including phenoxy) is 1. The van der Waals surface area contributed by atoms with Crippen LogP contribution in [0.3, 0.4) is 0 Å². The molecule has 1 unspecified atom stereocenters. The van der Waals surface area contributed by atoms with Gasteiger partial charge in [0.05, 0.1) is 24.7 Å². The number of thiocarbonyl (C=S) groups is 1. The molecule has 0 aliphatic rings. The summed E-state index contributed by atoms with van der Waals surface area (Å²) in [6.45, 7) is 1.64. The minimum Gasteiger partial charge on any atom is -0.469 e. The maximum atomic E-state index is 13.1. The van der Waals surface area contributed by atoms with E-state index in [1.807, 2.05) is 54.6 Å². The van der Waals surface area contributed by atoms with Crippen molar-refractivity contribution in [3.8, 4) is 0 Å². The predicted octanol–water partition coefficient (Wildman–Crippen LogP) is 3.89. The number of para-hydroxylation sites is 1. The second kappa shape index (κ2) is 12.4. The largest absolute Gasteiger partial charge is 0.469 e. The molecule has 2 N–H and O–H groups in total. The number of carbonyl (C=O) groups excluding carboxylic acids is 3. The van der Waals surface area contributed by atoms with Crippen molar-refractivity contribution in [1.29, 1.82) is 0 Å². The van der Waals surface area contributed by atoms with Gasteiger partial charge in [0, 0.05) is 24.1 Å². The molecule has 2 amide bonds. The summed E-state index contributed by atoms with van der Waals surface area (Å²) < 4.78 is 4.64. The summed E-state index contributed by atoms with van der Waals surface area (Å²) in [5, 5.41) is 6.79. The Kier molecular flexibility index (Phi) is 9.02. The predicted molar refractivity (Wildman–Crippen MR) is 139 cm³/mol. The van der Waals surface area contributed by atoms with Crippen LogP contribution in [0.4, 0.5) is 5.69 Å². The average molecular weight is 491 g/mol. The van der Waals surface area contributed by atoms with Crippen molar-refractivity contribution in [1.82, 2.24) is 15.2 Å². The lowest BCUT2D eigenvalue weighted by Gasteiger charge is -2.30. The number of methoxy groups -OCH3 is 1. The number of hydrogen-bond acceptors (Lipinski definition) is 6. The number of pyridine rings is 1. The van der Waals surface area contributed by atoms with E-state index >= 15 is 0 Å². The van der Waals surface area contributed by atoms with Gasteiger partial charge in [0.1, 0.15) is 6.17 Å². The van der Waals surface area contributed by atoms with Gasteiger partial charge in [0.25, 0.3) is 0 Å². The molecule has 0 saturated heterocycles. The summed E-state index contributed by atoms with van der Waals surface area (Å²) in [5.74, 6) is -1.36. The molecule has 8 nitrogen and oxygen atoms in total. The fraction of sp³-hybridized carbons (Fsp3) is 0.192. The number of benzene rings is 2. The summed E-state index contributed by atoms with van der Waals surface area (Å²) >= 11 is 5.56. The van der Waals surface area contributed by atoms with E-state index in [9.17, 15) is 14.4 Å². The third-order valence-corrected chi connectivity index (χ3v) is 5.40. The summed E-state index contributed by atoms with van der Waals surface area (Å²) in [6.07, 6.45) is 3.67. The summed E-state index contributed by atoms with van der Waals surface area (Å²) in [5.41, 5.74) is 2.16. The van der Waals surface area contributed by atoms with Crippen LogP contribution in [0.15, 0.2) is 72.9 Å². The molecular weight excluding hydrogens is 464 g/mol. The first-order valence-electron chi connectivity index (χ1n) is 11.0. The number of nitrogens with zero attached hydrogens (tertiary/aromatic N) is 2. The molecule has 1 heterocycles. The monoisotopic (exact) mass is 490 g/mol. The second-order valence-electron chi connectivity index (χ2n) is 7.58. The Morgan fingerprint density at radius 3 is 2.54 bits per heavy atom. The SMILES string of the molecule is COC(=O)CCC(=O)N(C(=S)Nc1cccc2cccnc12)C(C)NC(=O)/C=C/c1ccccc1. The third-order valence-electron chi connectivity index (χ3n) is 5.10. The quantitative estimate of drug-likeness (QED) is 0.214. The van der Waals surface area contributed by atoms with Crippen LogP contribution in [-0.2, 0) is 19.1 Å². The summed E-state index contributed by atoms with van der Waals surface area (Å²) in [4.78, 5) is 42.8. The van der Waals surface area contributed by atoms with Crippen molar-refractivity contribution in [2.45, 2.75) is 25.9 Å². The van der Waals surface area contributed by atoms with Gasteiger partial charge < -0.3 is 15.4 Å². The minimum atomic E-state index is -0.795. The Morgan fingerprint density at radius 1 is 1.06 bits per heavy atom. The lowest BCUT2D eigenvalue weighted by molar-refractivity contribution is -0.143. The molecule has 3 aromatic rings. The second-order valence-corrected chi connectivity index (χ2v) is 7.97. The van der Waals surface area contributed by atoms with Crippen molar-refractivity contribution < 1.29 is 19.1 Å². The molecule has 0 aliphatic carbocycles. The highest BCUT2D eigenvalue weighted by molar-refractivity contribution is 7.80. The summed E-state index contributed by atoms with van der Waals surface area (Å²) in [6, 6.07) is 18.7. The smallest absolute Gasteiger partial charge is 0.306 e. The maximum Gasteiger partial charge on any atom is 0.306 e. The standard InChI is InChI=1S/C26H26N4O4S/c1-18(28-22(31)14-13-19-8-4-3-5-9-19)30(23(32)15-16-24(33)34-2)26(35)29-21-12-6-10-20-11-7-17-27-25(20)21/h3-14,17-18H,15-16H2,1-2H3,(H,28,31)(H,29,35)/b14-13+. The van der Waals surface area contributed by atoms with Crippen molar-refractivity contribution in [3.05, 3.63) is 78.5 Å². The number of nitrogens with one attached hydrogen (secondary N) is 2. The highest BCUT2D eigenvalue weighted by Gasteiger charge is 2.26. The number of fused-ring (bicyclic) bond motifs is 1. The van der Waals surface area contributed by atoms with Crippen LogP contribution in [0.25, 0.3) is 17.0 Å². The molecule has 180 valence electrons. The number of hydrogen-bond donors (Lipinski definition) is 2. The Balaban J connectivity index is 1.78. The molecule has 3 rings (SSSR count). The van der Waals surface area contributed by atoms with Gasteiger partial charge in [-0.05, 0) is 42.9 Å². The molecule has 0 saturated carbocycles. The molecule has 2 aromatic carbocycles. The highest BCUT2D eigenvalue weighted by atomic mass is 32.1. The van der Waals surface area contributed by atoms with E-state index in [-0.39, 0.29) is 18.0 Å². The fourth-order valence-corrected chi connectivity index (χ4v) is 3.74. The molecule has 9 heteroatoms. The Labute approximate surface area is 209 Å². The van der Waals surface area contributed by atoms with Crippen LogP contribution in [0.5, 0.6) is 0 Å². The molecule has 0 spiro atoms. The van der Waals surface area contributed by atoms with Gasteiger partial charge in [-0.15, -0.1) is 0 Å². The normalized spacial score (nSPS) is 11.6. The van der Waals surface area contributed by atoms with Crippen LogP contribution in [0.2, 0.25) is 0 Å². The zero-order valence-electron chi connectivity index (χ0n) is 19.4. The number of rotatable bonds is 8. The Morgan fingerprint density at radius 2 is 1.80 bits per heavy atom.